The lowest BCUT2D eigenvalue weighted by molar-refractivity contribution is -0.122. The second-order valence-corrected chi connectivity index (χ2v) is 5.73. The van der Waals surface area contributed by atoms with Gasteiger partial charge in [-0.1, -0.05) is 12.1 Å². The van der Waals surface area contributed by atoms with E-state index in [1.54, 1.807) is 24.5 Å². The molecule has 1 saturated heterocycles. The first kappa shape index (κ1) is 15.7. The van der Waals surface area contributed by atoms with Gasteiger partial charge in [0.2, 0.25) is 5.91 Å². The molecule has 0 spiro atoms. The first-order chi connectivity index (χ1) is 11.2. The molecule has 4 nitrogen and oxygen atoms in total. The Labute approximate surface area is 134 Å². The van der Waals surface area contributed by atoms with Crippen molar-refractivity contribution in [3.8, 4) is 0 Å². The van der Waals surface area contributed by atoms with Crippen LogP contribution in [-0.4, -0.2) is 18.6 Å². The molecule has 1 aliphatic heterocycles. The monoisotopic (exact) mass is 317 g/mol. The third-order valence-electron chi connectivity index (χ3n) is 4.06. The molecule has 1 aromatic heterocycles. The molecule has 1 N–H and O–H groups in total. The average Bonchev–Trinajstić information content (AvgIpc) is 3.25. The van der Waals surface area contributed by atoms with E-state index in [0.29, 0.717) is 19.4 Å². The first-order valence-corrected chi connectivity index (χ1v) is 7.91. The van der Waals surface area contributed by atoms with Gasteiger partial charge in [0, 0.05) is 19.4 Å². The van der Waals surface area contributed by atoms with Gasteiger partial charge in [-0.15, -0.1) is 0 Å². The van der Waals surface area contributed by atoms with Crippen LogP contribution in [0.3, 0.4) is 0 Å². The van der Waals surface area contributed by atoms with E-state index < -0.39 is 0 Å². The smallest absolute Gasteiger partial charge is 0.221 e. The summed E-state index contributed by atoms with van der Waals surface area (Å²) in [7, 11) is 0. The van der Waals surface area contributed by atoms with E-state index in [0.717, 1.165) is 24.2 Å². The number of furan rings is 1. The molecule has 0 unspecified atom stereocenters. The molecule has 1 amide bonds. The second kappa shape index (κ2) is 7.42. The zero-order chi connectivity index (χ0) is 16.1. The zero-order valence-corrected chi connectivity index (χ0v) is 12.8. The van der Waals surface area contributed by atoms with E-state index in [2.05, 4.69) is 5.32 Å². The topological polar surface area (TPSA) is 51.5 Å². The van der Waals surface area contributed by atoms with Crippen LogP contribution in [0.1, 0.15) is 36.6 Å². The van der Waals surface area contributed by atoms with Crippen molar-refractivity contribution in [3.63, 3.8) is 0 Å². The van der Waals surface area contributed by atoms with Crippen LogP contribution < -0.4 is 5.32 Å². The van der Waals surface area contributed by atoms with Gasteiger partial charge < -0.3 is 14.5 Å². The molecule has 3 rings (SSSR count). The van der Waals surface area contributed by atoms with E-state index in [9.17, 15) is 9.18 Å². The number of hydrogen-bond donors (Lipinski definition) is 1. The van der Waals surface area contributed by atoms with Gasteiger partial charge in [0.1, 0.15) is 11.6 Å². The third-order valence-corrected chi connectivity index (χ3v) is 4.06. The van der Waals surface area contributed by atoms with Crippen LogP contribution in [0.15, 0.2) is 47.1 Å². The van der Waals surface area contributed by atoms with Gasteiger partial charge in [-0.2, -0.15) is 0 Å². The Kier molecular flexibility index (Phi) is 5.08. The Hall–Kier alpha value is -2.14. The summed E-state index contributed by atoms with van der Waals surface area (Å²) >= 11 is 0. The molecule has 5 heteroatoms. The van der Waals surface area contributed by atoms with Crippen molar-refractivity contribution in [1.29, 1.82) is 0 Å². The number of aryl methyl sites for hydroxylation is 1. The summed E-state index contributed by atoms with van der Waals surface area (Å²) in [5.74, 6) is 0.436. The molecule has 122 valence electrons. The molecule has 1 aromatic carbocycles. The number of rotatable bonds is 6. The van der Waals surface area contributed by atoms with Crippen molar-refractivity contribution in [2.24, 2.45) is 0 Å². The zero-order valence-electron chi connectivity index (χ0n) is 12.8. The van der Waals surface area contributed by atoms with Gasteiger partial charge in [-0.05, 0) is 42.7 Å². The fraction of sp³-hybridized carbons (Fsp3) is 0.389. The standard InChI is InChI=1S/C18H20FNO3/c19-14-7-5-13(6-8-14)18(16-4-2-12-23-16)20-17(21)10-9-15-3-1-11-22-15/h1,3,5-8,11,16,18H,2,4,9-10,12H2,(H,20,21)/t16-,18-/m0/s1. The highest BCUT2D eigenvalue weighted by molar-refractivity contribution is 5.76. The first-order valence-electron chi connectivity index (χ1n) is 7.91. The fourth-order valence-electron chi connectivity index (χ4n) is 2.86. The molecule has 0 bridgehead atoms. The number of halogens is 1. The largest absolute Gasteiger partial charge is 0.469 e. The average molecular weight is 317 g/mol. The van der Waals surface area contributed by atoms with Gasteiger partial charge >= 0.3 is 0 Å². The maximum Gasteiger partial charge on any atom is 0.221 e. The maximum atomic E-state index is 13.1. The molecule has 23 heavy (non-hydrogen) atoms. The quantitative estimate of drug-likeness (QED) is 0.888. The number of benzene rings is 1. The minimum Gasteiger partial charge on any atom is -0.469 e. The van der Waals surface area contributed by atoms with Crippen molar-refractivity contribution in [1.82, 2.24) is 5.32 Å². The number of hydrogen-bond acceptors (Lipinski definition) is 3. The summed E-state index contributed by atoms with van der Waals surface area (Å²) in [6, 6.07) is 9.63. The molecule has 0 radical (unpaired) electrons. The summed E-state index contributed by atoms with van der Waals surface area (Å²) in [6.07, 6.45) is 4.30. The van der Waals surface area contributed by atoms with Gasteiger partial charge in [0.25, 0.3) is 0 Å². The number of carbonyl (C=O) groups is 1. The van der Waals surface area contributed by atoms with Crippen LogP contribution in [0.2, 0.25) is 0 Å². The summed E-state index contributed by atoms with van der Waals surface area (Å²) in [5.41, 5.74) is 0.865. The van der Waals surface area contributed by atoms with E-state index in [1.807, 2.05) is 6.07 Å². The molecular weight excluding hydrogens is 297 g/mol. The van der Waals surface area contributed by atoms with E-state index in [-0.39, 0.29) is 23.9 Å². The van der Waals surface area contributed by atoms with Crippen LogP contribution in [0.5, 0.6) is 0 Å². The van der Waals surface area contributed by atoms with E-state index >= 15 is 0 Å². The number of amides is 1. The molecular formula is C18H20FNO3. The SMILES string of the molecule is O=C(CCc1ccco1)N[C@@H](c1ccc(F)cc1)[C@@H]1CCCO1. The third kappa shape index (κ3) is 4.20. The summed E-state index contributed by atoms with van der Waals surface area (Å²) in [4.78, 5) is 12.3. The Morgan fingerprint density at radius 1 is 1.30 bits per heavy atom. The van der Waals surface area contributed by atoms with Crippen LogP contribution in [0, 0.1) is 5.82 Å². The Balaban J connectivity index is 1.65. The lowest BCUT2D eigenvalue weighted by Gasteiger charge is -2.24. The highest BCUT2D eigenvalue weighted by Crippen LogP contribution is 2.27. The molecule has 1 fully saturated rings. The van der Waals surface area contributed by atoms with Crippen LogP contribution in [0.4, 0.5) is 4.39 Å². The van der Waals surface area contributed by atoms with Crippen LogP contribution in [-0.2, 0) is 16.0 Å². The van der Waals surface area contributed by atoms with Gasteiger partial charge in [-0.3, -0.25) is 4.79 Å². The Morgan fingerprint density at radius 2 is 2.13 bits per heavy atom. The van der Waals surface area contributed by atoms with Gasteiger partial charge in [-0.25, -0.2) is 4.39 Å². The van der Waals surface area contributed by atoms with Crippen molar-refractivity contribution in [3.05, 3.63) is 59.8 Å². The normalized spacial score (nSPS) is 18.7. The molecule has 1 aliphatic rings. The minimum absolute atomic E-state index is 0.0620. The highest BCUT2D eigenvalue weighted by Gasteiger charge is 2.28. The van der Waals surface area contributed by atoms with Crippen molar-refractivity contribution < 1.29 is 18.3 Å². The summed E-state index contributed by atoms with van der Waals surface area (Å²) in [5, 5.41) is 3.03. The van der Waals surface area contributed by atoms with Crippen LogP contribution in [0.25, 0.3) is 0 Å². The van der Waals surface area contributed by atoms with Crippen molar-refractivity contribution >= 4 is 5.91 Å². The van der Waals surface area contributed by atoms with Crippen molar-refractivity contribution in [2.75, 3.05) is 6.61 Å². The summed E-state index contributed by atoms with van der Waals surface area (Å²) in [6.45, 7) is 0.699. The Bertz CT molecular complexity index is 618. The molecule has 0 aliphatic carbocycles. The number of nitrogens with one attached hydrogen (secondary N) is 1. The number of ether oxygens (including phenoxy) is 1. The minimum atomic E-state index is -0.288. The predicted molar refractivity (Wildman–Crippen MR) is 83.3 cm³/mol. The molecule has 2 atom stereocenters. The molecule has 2 heterocycles. The van der Waals surface area contributed by atoms with E-state index in [4.69, 9.17) is 9.15 Å². The molecule has 2 aromatic rings. The number of carbonyl (C=O) groups excluding carboxylic acids is 1. The van der Waals surface area contributed by atoms with Gasteiger partial charge in [0.15, 0.2) is 0 Å². The fourth-order valence-corrected chi connectivity index (χ4v) is 2.86. The maximum absolute atomic E-state index is 13.1. The van der Waals surface area contributed by atoms with Crippen molar-refractivity contribution in [2.45, 2.75) is 37.8 Å². The Morgan fingerprint density at radius 3 is 2.78 bits per heavy atom. The lowest BCUT2D eigenvalue weighted by atomic mass is 9.99. The summed E-state index contributed by atoms with van der Waals surface area (Å²) < 4.78 is 24.1. The second-order valence-electron chi connectivity index (χ2n) is 5.73. The molecule has 0 saturated carbocycles. The predicted octanol–water partition coefficient (Wildman–Crippen LogP) is 3.39. The highest BCUT2D eigenvalue weighted by atomic mass is 19.1. The van der Waals surface area contributed by atoms with Crippen LogP contribution >= 0.6 is 0 Å². The lowest BCUT2D eigenvalue weighted by Crippen LogP contribution is -2.36. The van der Waals surface area contributed by atoms with Gasteiger partial charge in [0.05, 0.1) is 18.4 Å². The van der Waals surface area contributed by atoms with E-state index in [1.165, 1.54) is 12.1 Å².